The van der Waals surface area contributed by atoms with E-state index in [4.69, 9.17) is 14.2 Å². The number of fused-ring (bicyclic) bond motifs is 2. The number of ether oxygens (including phenoxy) is 3. The van der Waals surface area contributed by atoms with Gasteiger partial charge in [0.1, 0.15) is 0 Å². The third-order valence-corrected chi connectivity index (χ3v) is 7.00. The fourth-order valence-corrected chi connectivity index (χ4v) is 5.23. The molecule has 0 saturated carbocycles. The first-order chi connectivity index (χ1) is 14.3. The highest BCUT2D eigenvalue weighted by atomic mass is 16.7. The first-order valence-corrected chi connectivity index (χ1v) is 10.9. The fraction of sp³-hybridized carbons (Fsp3) is 0.560. The molecule has 0 unspecified atom stereocenters. The first kappa shape index (κ1) is 21.0. The quantitative estimate of drug-likeness (QED) is 0.512. The second-order valence-electron chi connectivity index (χ2n) is 9.45. The van der Waals surface area contributed by atoms with Crippen LogP contribution in [0.25, 0.3) is 0 Å². The summed E-state index contributed by atoms with van der Waals surface area (Å²) in [5, 5.41) is 0. The summed E-state index contributed by atoms with van der Waals surface area (Å²) >= 11 is 0. The van der Waals surface area contributed by atoms with E-state index in [2.05, 4.69) is 50.9 Å². The van der Waals surface area contributed by atoms with Crippen LogP contribution in [0.3, 0.4) is 0 Å². The molecule has 0 N–H and O–H groups in total. The second kappa shape index (κ2) is 8.10. The molecule has 1 aromatic carbocycles. The largest absolute Gasteiger partial charge is 0.492 e. The van der Waals surface area contributed by atoms with Gasteiger partial charge in [0.15, 0.2) is 17.3 Å². The van der Waals surface area contributed by atoms with Crippen molar-refractivity contribution in [2.75, 3.05) is 27.5 Å². The van der Waals surface area contributed by atoms with Crippen LogP contribution in [0.5, 0.6) is 17.2 Å². The molecule has 1 aromatic rings. The zero-order chi connectivity index (χ0) is 21.5. The fourth-order valence-electron chi connectivity index (χ4n) is 5.23. The van der Waals surface area contributed by atoms with E-state index in [1.165, 1.54) is 11.1 Å². The topological polar surface area (TPSA) is 48.0 Å². The third-order valence-electron chi connectivity index (χ3n) is 7.00. The lowest BCUT2D eigenvalue weighted by atomic mass is 9.68. The molecule has 2 atom stereocenters. The number of methoxy groups -OCH3 is 1. The summed E-state index contributed by atoms with van der Waals surface area (Å²) in [5.74, 6) is 2.57. The van der Waals surface area contributed by atoms with Crippen LogP contribution in [0.4, 0.5) is 0 Å². The number of carbonyl (C=O) groups is 1. The van der Waals surface area contributed by atoms with E-state index in [1.807, 2.05) is 0 Å². The molecule has 3 aliphatic rings. The zero-order valence-electron chi connectivity index (χ0n) is 18.8. The van der Waals surface area contributed by atoms with Crippen LogP contribution in [-0.4, -0.2) is 38.2 Å². The van der Waals surface area contributed by atoms with Gasteiger partial charge in [-0.25, -0.2) is 0 Å². The van der Waals surface area contributed by atoms with Crippen molar-refractivity contribution < 1.29 is 19.0 Å². The van der Waals surface area contributed by atoms with Crippen molar-refractivity contribution in [3.05, 3.63) is 41.0 Å². The molecule has 0 amide bonds. The van der Waals surface area contributed by atoms with E-state index in [1.54, 1.807) is 13.2 Å². The molecule has 0 fully saturated rings. The molecule has 5 heteroatoms. The van der Waals surface area contributed by atoms with Gasteiger partial charge in [0, 0.05) is 30.5 Å². The summed E-state index contributed by atoms with van der Waals surface area (Å²) in [4.78, 5) is 15.3. The Kier molecular flexibility index (Phi) is 5.67. The van der Waals surface area contributed by atoms with E-state index in [0.29, 0.717) is 23.8 Å². The predicted octanol–water partition coefficient (Wildman–Crippen LogP) is 4.85. The molecule has 4 rings (SSSR count). The number of carbonyl (C=O) groups excluding carboxylic acids is 1. The normalized spacial score (nSPS) is 25.2. The summed E-state index contributed by atoms with van der Waals surface area (Å²) in [6.45, 7) is 7.87. The van der Waals surface area contributed by atoms with Crippen LogP contribution < -0.4 is 14.2 Å². The zero-order valence-corrected chi connectivity index (χ0v) is 18.8. The van der Waals surface area contributed by atoms with Gasteiger partial charge < -0.3 is 14.2 Å². The molecule has 162 valence electrons. The van der Waals surface area contributed by atoms with Gasteiger partial charge in [-0.1, -0.05) is 31.6 Å². The number of hydrogen-bond acceptors (Lipinski definition) is 5. The molecule has 30 heavy (non-hydrogen) atoms. The van der Waals surface area contributed by atoms with E-state index < -0.39 is 0 Å². The minimum absolute atomic E-state index is 0.0358. The Morgan fingerprint density at radius 1 is 1.37 bits per heavy atom. The number of hydrogen-bond donors (Lipinski definition) is 0. The summed E-state index contributed by atoms with van der Waals surface area (Å²) in [6, 6.07) is 2.02. The number of likely N-dealkylation sites (N-methyl/N-ethyl adjacent to an activating group) is 1. The van der Waals surface area contributed by atoms with E-state index in [-0.39, 0.29) is 24.0 Å². The lowest BCUT2D eigenvalue weighted by molar-refractivity contribution is -0.115. The smallest absolute Gasteiger partial charge is 0.231 e. The molecule has 1 aliphatic carbocycles. The van der Waals surface area contributed by atoms with Gasteiger partial charge in [0.25, 0.3) is 0 Å². The van der Waals surface area contributed by atoms with Gasteiger partial charge in [-0.2, -0.15) is 0 Å². The van der Waals surface area contributed by atoms with Gasteiger partial charge in [-0.3, -0.25) is 9.69 Å². The molecule has 0 radical (unpaired) electrons. The van der Waals surface area contributed by atoms with Gasteiger partial charge in [0.2, 0.25) is 12.5 Å². The molecular formula is C25H33NO4. The summed E-state index contributed by atoms with van der Waals surface area (Å²) < 4.78 is 17.0. The molecule has 2 aliphatic heterocycles. The number of rotatable bonds is 5. The average molecular weight is 412 g/mol. The van der Waals surface area contributed by atoms with Crippen LogP contribution in [0, 0.1) is 11.3 Å². The average Bonchev–Trinajstić information content (AvgIpc) is 3.16. The van der Waals surface area contributed by atoms with Crippen molar-refractivity contribution in [2.24, 2.45) is 11.3 Å². The van der Waals surface area contributed by atoms with Crippen LogP contribution in [-0.2, 0) is 11.2 Å². The van der Waals surface area contributed by atoms with Crippen LogP contribution >= 0.6 is 0 Å². The third kappa shape index (κ3) is 3.76. The molecule has 5 nitrogen and oxygen atoms in total. The number of ketones is 1. The van der Waals surface area contributed by atoms with Crippen molar-refractivity contribution in [2.45, 2.75) is 52.5 Å². The predicted molar refractivity (Wildman–Crippen MR) is 117 cm³/mol. The lowest BCUT2D eigenvalue weighted by Crippen LogP contribution is -2.33. The van der Waals surface area contributed by atoms with Crippen molar-refractivity contribution in [3.8, 4) is 17.2 Å². The molecular weight excluding hydrogens is 378 g/mol. The lowest BCUT2D eigenvalue weighted by Gasteiger charge is -2.37. The molecule has 0 aromatic heterocycles. The Balaban J connectivity index is 1.59. The van der Waals surface area contributed by atoms with Crippen LogP contribution in [0.15, 0.2) is 29.9 Å². The Morgan fingerprint density at radius 2 is 2.17 bits per heavy atom. The molecule has 2 heterocycles. The summed E-state index contributed by atoms with van der Waals surface area (Å²) in [5.41, 5.74) is 3.80. The van der Waals surface area contributed by atoms with E-state index >= 15 is 0 Å². The number of nitrogens with zero attached hydrogens (tertiary/aromatic N) is 1. The molecule has 0 spiro atoms. The maximum Gasteiger partial charge on any atom is 0.231 e. The maximum atomic E-state index is 13.0. The summed E-state index contributed by atoms with van der Waals surface area (Å²) in [7, 11) is 3.73. The maximum absolute atomic E-state index is 13.0. The van der Waals surface area contributed by atoms with Crippen molar-refractivity contribution in [3.63, 3.8) is 0 Å². The molecule has 0 saturated heterocycles. The van der Waals surface area contributed by atoms with Gasteiger partial charge in [-0.05, 0) is 56.4 Å². The highest BCUT2D eigenvalue weighted by molar-refractivity contribution is 5.90. The van der Waals surface area contributed by atoms with Gasteiger partial charge >= 0.3 is 0 Å². The van der Waals surface area contributed by atoms with Gasteiger partial charge in [0.05, 0.1) is 7.11 Å². The SMILES string of the molecule is COc1c2c(cc3c1[C@H](CC(=O)/C=C/[C@H]1C(C)=CCCC1(C)C)N(C)CC3)OCO2. The second-order valence-corrected chi connectivity index (χ2v) is 9.45. The van der Waals surface area contributed by atoms with E-state index in [0.717, 1.165) is 37.1 Å². The first-order valence-electron chi connectivity index (χ1n) is 10.9. The Bertz CT molecular complexity index is 899. The minimum Gasteiger partial charge on any atom is -0.492 e. The molecule has 0 bridgehead atoms. The van der Waals surface area contributed by atoms with Crippen molar-refractivity contribution in [1.82, 2.24) is 4.90 Å². The van der Waals surface area contributed by atoms with Crippen LogP contribution in [0.2, 0.25) is 0 Å². The Morgan fingerprint density at radius 3 is 2.90 bits per heavy atom. The van der Waals surface area contributed by atoms with E-state index in [9.17, 15) is 4.79 Å². The van der Waals surface area contributed by atoms with Crippen LogP contribution in [0.1, 0.15) is 57.2 Å². The standard InChI is InChI=1S/C25H33NO4/c1-16-7-6-11-25(2,3)19(16)9-8-18(27)14-20-22-17(10-12-26(20)4)13-21-23(24(22)28-5)30-15-29-21/h7-9,13,19-20H,6,10-12,14-15H2,1-5H3/b9-8+/t19-,20-/m0/s1. The monoisotopic (exact) mass is 411 g/mol. The number of allylic oxidation sites excluding steroid dienone is 4. The highest BCUT2D eigenvalue weighted by Crippen LogP contribution is 2.50. The van der Waals surface area contributed by atoms with Gasteiger partial charge in [-0.15, -0.1) is 0 Å². The minimum atomic E-state index is -0.0358. The highest BCUT2D eigenvalue weighted by Gasteiger charge is 2.35. The Labute approximate surface area is 179 Å². The Hall–Kier alpha value is -2.27. The van der Waals surface area contributed by atoms with Crippen molar-refractivity contribution >= 4 is 5.78 Å². The summed E-state index contributed by atoms with van der Waals surface area (Å²) in [6.07, 6.45) is 9.83. The number of benzene rings is 1. The van der Waals surface area contributed by atoms with Crippen molar-refractivity contribution in [1.29, 1.82) is 0 Å².